The number of hydrogen-bond acceptors (Lipinski definition) is 5. The molecular weight excluding hydrogens is 378 g/mol. The first kappa shape index (κ1) is 18.3. The van der Waals surface area contributed by atoms with E-state index in [9.17, 15) is 13.2 Å². The Labute approximate surface area is 162 Å². The van der Waals surface area contributed by atoms with Crippen LogP contribution >= 0.6 is 0 Å². The van der Waals surface area contributed by atoms with Crippen LogP contribution < -0.4 is 15.4 Å². The fourth-order valence-corrected chi connectivity index (χ4v) is 4.47. The maximum atomic E-state index is 12.7. The zero-order valence-corrected chi connectivity index (χ0v) is 15.8. The van der Waals surface area contributed by atoms with E-state index in [1.807, 2.05) is 36.4 Å². The van der Waals surface area contributed by atoms with Gasteiger partial charge in [-0.3, -0.25) is 9.10 Å². The van der Waals surface area contributed by atoms with Crippen LogP contribution in [0.2, 0.25) is 0 Å². The second-order valence-corrected chi connectivity index (χ2v) is 8.30. The molecule has 0 aliphatic carbocycles. The largest absolute Gasteiger partial charge is 0.398 e. The molecule has 3 aromatic rings. The summed E-state index contributed by atoms with van der Waals surface area (Å²) in [4.78, 5) is 12.7. The minimum Gasteiger partial charge on any atom is -0.398 e. The highest BCUT2D eigenvalue weighted by molar-refractivity contribution is 7.92. The van der Waals surface area contributed by atoms with Crippen molar-refractivity contribution in [2.24, 2.45) is 0 Å². The van der Waals surface area contributed by atoms with Crippen LogP contribution in [0.3, 0.4) is 0 Å². The van der Waals surface area contributed by atoms with Crippen LogP contribution in [-0.2, 0) is 14.8 Å². The maximum absolute atomic E-state index is 12.7. The summed E-state index contributed by atoms with van der Waals surface area (Å²) < 4.78 is 30.5. The molecule has 0 spiro atoms. The molecule has 7 nitrogen and oxygen atoms in total. The van der Waals surface area contributed by atoms with Crippen LogP contribution in [0, 0.1) is 0 Å². The molecular formula is C20H19N3O4S. The van der Waals surface area contributed by atoms with Gasteiger partial charge < -0.3 is 15.8 Å². The van der Waals surface area contributed by atoms with E-state index in [2.05, 4.69) is 5.32 Å². The average Bonchev–Trinajstić information content (AvgIpc) is 2.69. The molecule has 0 bridgehead atoms. The van der Waals surface area contributed by atoms with Gasteiger partial charge in [0.05, 0.1) is 18.8 Å². The fraction of sp³-hybridized carbons (Fsp3) is 0.150. The third-order valence-corrected chi connectivity index (χ3v) is 6.16. The number of nitrogen functional groups attached to an aromatic ring is 1. The lowest BCUT2D eigenvalue weighted by Gasteiger charge is -2.28. The number of sulfonamides is 1. The molecule has 1 fully saturated rings. The Hall–Kier alpha value is -3.10. The van der Waals surface area contributed by atoms with Crippen molar-refractivity contribution in [1.82, 2.24) is 0 Å². The average molecular weight is 397 g/mol. The minimum absolute atomic E-state index is 0.255. The Bertz CT molecular complexity index is 1140. The summed E-state index contributed by atoms with van der Waals surface area (Å²) in [5.41, 5.74) is 8.24. The third-order valence-electron chi connectivity index (χ3n) is 4.63. The van der Waals surface area contributed by atoms with Gasteiger partial charge in [-0.25, -0.2) is 8.42 Å². The number of nitrogens with one attached hydrogen (secondary N) is 1. The van der Waals surface area contributed by atoms with Crippen molar-refractivity contribution in [2.75, 3.05) is 34.4 Å². The monoisotopic (exact) mass is 397 g/mol. The van der Waals surface area contributed by atoms with Crippen LogP contribution in [0.25, 0.3) is 10.8 Å². The summed E-state index contributed by atoms with van der Waals surface area (Å²) in [6, 6.07) is 17.6. The Morgan fingerprint density at radius 1 is 1.00 bits per heavy atom. The summed E-state index contributed by atoms with van der Waals surface area (Å²) in [7, 11) is -3.49. The van der Waals surface area contributed by atoms with E-state index in [1.54, 1.807) is 24.3 Å². The van der Waals surface area contributed by atoms with Gasteiger partial charge in [-0.2, -0.15) is 0 Å². The lowest BCUT2D eigenvalue weighted by molar-refractivity contribution is 0.102. The molecule has 8 heteroatoms. The van der Waals surface area contributed by atoms with Gasteiger partial charge in [-0.05, 0) is 36.4 Å². The molecule has 144 valence electrons. The second-order valence-electron chi connectivity index (χ2n) is 6.46. The number of anilines is 3. The molecule has 0 radical (unpaired) electrons. The van der Waals surface area contributed by atoms with E-state index in [0.29, 0.717) is 29.2 Å². The molecule has 1 aliphatic rings. The SMILES string of the molecule is Nc1cccc2c(NC(=O)c3ccc(N4CCOCS4(=O)=O)cc3)cccc12. The number of fused-ring (bicyclic) bond motifs is 1. The first-order valence-corrected chi connectivity index (χ1v) is 10.3. The highest BCUT2D eigenvalue weighted by atomic mass is 32.2. The first-order chi connectivity index (χ1) is 13.5. The maximum Gasteiger partial charge on any atom is 0.259 e. The van der Waals surface area contributed by atoms with Crippen molar-refractivity contribution in [3.63, 3.8) is 0 Å². The summed E-state index contributed by atoms with van der Waals surface area (Å²) >= 11 is 0. The van der Waals surface area contributed by atoms with Gasteiger partial charge in [0.15, 0.2) is 5.94 Å². The van der Waals surface area contributed by atoms with Gasteiger partial charge in [0.1, 0.15) is 0 Å². The zero-order valence-electron chi connectivity index (χ0n) is 15.0. The van der Waals surface area contributed by atoms with Crippen LogP contribution in [-0.4, -0.2) is 33.4 Å². The van der Waals surface area contributed by atoms with E-state index in [4.69, 9.17) is 10.5 Å². The van der Waals surface area contributed by atoms with Gasteiger partial charge in [0.2, 0.25) is 0 Å². The predicted octanol–water partition coefficient (Wildman–Crippen LogP) is 2.80. The first-order valence-electron chi connectivity index (χ1n) is 8.72. The number of benzene rings is 3. The second kappa shape index (κ2) is 7.14. The van der Waals surface area contributed by atoms with Crippen LogP contribution in [0.15, 0.2) is 60.7 Å². The molecule has 0 aromatic heterocycles. The van der Waals surface area contributed by atoms with Gasteiger partial charge in [-0.1, -0.05) is 24.3 Å². The third kappa shape index (κ3) is 3.39. The smallest absolute Gasteiger partial charge is 0.259 e. The molecule has 3 aromatic carbocycles. The number of hydrogen-bond donors (Lipinski definition) is 2. The molecule has 1 aliphatic heterocycles. The standard InChI is InChI=1S/C20H19N3O4S/c21-18-5-1-4-17-16(18)3-2-6-19(17)22-20(24)14-7-9-15(10-8-14)23-11-12-27-13-28(23,25)26/h1-10H,11-13,21H2,(H,22,24). The van der Waals surface area contributed by atoms with Gasteiger partial charge in [-0.15, -0.1) is 0 Å². The lowest BCUT2D eigenvalue weighted by atomic mass is 10.1. The van der Waals surface area contributed by atoms with Crippen LogP contribution in [0.5, 0.6) is 0 Å². The Morgan fingerprint density at radius 3 is 2.46 bits per heavy atom. The van der Waals surface area contributed by atoms with Crippen molar-refractivity contribution < 1.29 is 17.9 Å². The number of nitrogens with two attached hydrogens (primary N) is 1. The Balaban J connectivity index is 1.57. The fourth-order valence-electron chi connectivity index (χ4n) is 3.22. The lowest BCUT2D eigenvalue weighted by Crippen LogP contribution is -2.41. The van der Waals surface area contributed by atoms with Gasteiger partial charge >= 0.3 is 0 Å². The number of rotatable bonds is 3. The van der Waals surface area contributed by atoms with E-state index < -0.39 is 10.0 Å². The predicted molar refractivity (Wildman–Crippen MR) is 110 cm³/mol. The van der Waals surface area contributed by atoms with E-state index >= 15 is 0 Å². The summed E-state index contributed by atoms with van der Waals surface area (Å²) in [6.07, 6.45) is 0. The zero-order chi connectivity index (χ0) is 19.7. The van der Waals surface area contributed by atoms with Crippen molar-refractivity contribution in [1.29, 1.82) is 0 Å². The molecule has 0 saturated carbocycles. The highest BCUT2D eigenvalue weighted by Gasteiger charge is 2.26. The van der Waals surface area contributed by atoms with E-state index in [-0.39, 0.29) is 18.4 Å². The number of nitrogens with zero attached hydrogens (tertiary/aromatic N) is 1. The quantitative estimate of drug-likeness (QED) is 0.662. The van der Waals surface area contributed by atoms with Crippen molar-refractivity contribution in [2.45, 2.75) is 0 Å². The molecule has 0 atom stereocenters. The summed E-state index contributed by atoms with van der Waals surface area (Å²) in [6.45, 7) is 0.594. The van der Waals surface area contributed by atoms with Crippen LogP contribution in [0.4, 0.5) is 17.1 Å². The molecule has 4 rings (SSSR count). The Kier molecular flexibility index (Phi) is 4.66. The normalized spacial score (nSPS) is 16.1. The molecule has 1 heterocycles. The number of ether oxygens (including phenoxy) is 1. The van der Waals surface area contributed by atoms with E-state index in [1.165, 1.54) is 4.31 Å². The Morgan fingerprint density at radius 2 is 1.71 bits per heavy atom. The highest BCUT2D eigenvalue weighted by Crippen LogP contribution is 2.28. The van der Waals surface area contributed by atoms with Gasteiger partial charge in [0, 0.05) is 27.7 Å². The molecule has 3 N–H and O–H groups in total. The molecule has 1 saturated heterocycles. The molecule has 28 heavy (non-hydrogen) atoms. The number of carbonyl (C=O) groups excluding carboxylic acids is 1. The molecule has 1 amide bonds. The summed E-state index contributed by atoms with van der Waals surface area (Å²) in [5, 5.41) is 4.62. The molecule has 0 unspecified atom stereocenters. The number of carbonyl (C=O) groups is 1. The van der Waals surface area contributed by atoms with Crippen molar-refractivity contribution >= 4 is 43.8 Å². The van der Waals surface area contributed by atoms with Crippen molar-refractivity contribution in [3.8, 4) is 0 Å². The van der Waals surface area contributed by atoms with E-state index in [0.717, 1.165) is 10.8 Å². The van der Waals surface area contributed by atoms with Gasteiger partial charge in [0.25, 0.3) is 15.9 Å². The summed E-state index contributed by atoms with van der Waals surface area (Å²) in [5.74, 6) is -0.620. The number of amides is 1. The topological polar surface area (TPSA) is 102 Å². The minimum atomic E-state index is -3.49. The van der Waals surface area contributed by atoms with Crippen LogP contribution in [0.1, 0.15) is 10.4 Å². The van der Waals surface area contributed by atoms with Crippen molar-refractivity contribution in [3.05, 3.63) is 66.2 Å².